The molecule has 1 rings (SSSR count). The van der Waals surface area contributed by atoms with Crippen LogP contribution in [0.3, 0.4) is 0 Å². The Morgan fingerprint density at radius 3 is 2.36 bits per heavy atom. The van der Waals surface area contributed by atoms with Gasteiger partial charge in [-0.25, -0.2) is 4.79 Å². The van der Waals surface area contributed by atoms with Crippen LogP contribution in [-0.4, -0.2) is 35.9 Å². The van der Waals surface area contributed by atoms with E-state index in [0.717, 1.165) is 0 Å². The number of Topliss-reactive ketones (excluding diaryl/α,β-unsaturated/α-hetero) is 1. The second-order valence-corrected chi connectivity index (χ2v) is 5.21. The maximum Gasteiger partial charge on any atom is 0.326 e. The Kier molecular flexibility index (Phi) is 6.64. The zero-order valence-corrected chi connectivity index (χ0v) is 13.5. The zero-order chi connectivity index (χ0) is 16.9. The van der Waals surface area contributed by atoms with E-state index < -0.39 is 17.9 Å². The Balaban J connectivity index is 3.08. The van der Waals surface area contributed by atoms with Crippen molar-refractivity contribution < 1.29 is 24.2 Å². The third kappa shape index (κ3) is 4.35. The number of carboxylic acid groups (broad SMARTS) is 1. The van der Waals surface area contributed by atoms with Gasteiger partial charge in [-0.15, -0.1) is 0 Å². The number of ketones is 1. The van der Waals surface area contributed by atoms with Crippen LogP contribution in [0.25, 0.3) is 0 Å². The van der Waals surface area contributed by atoms with E-state index >= 15 is 0 Å². The molecule has 6 nitrogen and oxygen atoms in total. The number of carbonyl (C=O) groups is 3. The molecular weight excluding hydrogens is 333 g/mol. The highest BCUT2D eigenvalue weighted by atomic mass is 35.5. The van der Waals surface area contributed by atoms with E-state index in [1.54, 1.807) is 6.92 Å². The average molecular weight is 348 g/mol. The average Bonchev–Trinajstić information content (AvgIpc) is 2.47. The molecule has 1 aromatic carbocycles. The SMILES string of the molecule is CCC(=O)CC(NC(=O)c1c(Cl)ccc(Cl)c1OC)C(=O)O. The standard InChI is InChI=1S/C14H15Cl2NO5/c1-3-7(18)6-10(14(20)21)17-13(19)11-8(15)4-5-9(16)12(11)22-2/h4-5,10H,3,6H2,1-2H3,(H,17,19)(H,20,21). The molecule has 0 bridgehead atoms. The summed E-state index contributed by atoms with van der Waals surface area (Å²) in [5.41, 5.74) is -0.0770. The second-order valence-electron chi connectivity index (χ2n) is 4.40. The predicted molar refractivity (Wildman–Crippen MR) is 81.8 cm³/mol. The number of carboxylic acids is 1. The van der Waals surface area contributed by atoms with Gasteiger partial charge < -0.3 is 15.2 Å². The van der Waals surface area contributed by atoms with Crippen molar-refractivity contribution in [3.63, 3.8) is 0 Å². The molecule has 0 saturated heterocycles. The number of ether oxygens (including phenoxy) is 1. The number of carbonyl (C=O) groups excluding carboxylic acids is 2. The molecule has 0 spiro atoms. The van der Waals surface area contributed by atoms with E-state index in [-0.39, 0.29) is 40.0 Å². The van der Waals surface area contributed by atoms with Crippen LogP contribution in [0.4, 0.5) is 0 Å². The third-order valence-corrected chi connectivity index (χ3v) is 3.53. The highest BCUT2D eigenvalue weighted by Gasteiger charge is 2.26. The topological polar surface area (TPSA) is 92.7 Å². The van der Waals surface area contributed by atoms with Crippen molar-refractivity contribution in [2.75, 3.05) is 7.11 Å². The lowest BCUT2D eigenvalue weighted by atomic mass is 10.1. The van der Waals surface area contributed by atoms with Crippen LogP contribution in [0.5, 0.6) is 5.75 Å². The van der Waals surface area contributed by atoms with Crippen LogP contribution < -0.4 is 10.1 Å². The number of hydrogen-bond donors (Lipinski definition) is 2. The molecule has 0 fully saturated rings. The Hall–Kier alpha value is -1.79. The van der Waals surface area contributed by atoms with E-state index in [1.165, 1.54) is 19.2 Å². The molecule has 0 heterocycles. The van der Waals surface area contributed by atoms with Crippen molar-refractivity contribution in [3.05, 3.63) is 27.7 Å². The van der Waals surface area contributed by atoms with Gasteiger partial charge in [0.2, 0.25) is 0 Å². The molecule has 8 heteroatoms. The summed E-state index contributed by atoms with van der Waals surface area (Å²) in [4.78, 5) is 34.8. The first-order valence-corrected chi connectivity index (χ1v) is 7.14. The molecule has 0 radical (unpaired) electrons. The summed E-state index contributed by atoms with van der Waals surface area (Å²) in [6.07, 6.45) is -0.126. The van der Waals surface area contributed by atoms with Crippen molar-refractivity contribution in [3.8, 4) is 5.75 Å². The Morgan fingerprint density at radius 1 is 1.27 bits per heavy atom. The van der Waals surface area contributed by atoms with E-state index in [1.807, 2.05) is 0 Å². The van der Waals surface area contributed by atoms with Crippen molar-refractivity contribution in [1.29, 1.82) is 0 Å². The molecule has 120 valence electrons. The van der Waals surface area contributed by atoms with Gasteiger partial charge in [0.15, 0.2) is 5.75 Å². The molecule has 1 aromatic rings. The predicted octanol–water partition coefficient (Wildman–Crippen LogP) is 2.55. The maximum absolute atomic E-state index is 12.3. The minimum Gasteiger partial charge on any atom is -0.494 e. The molecule has 2 N–H and O–H groups in total. The van der Waals surface area contributed by atoms with Gasteiger partial charge in [-0.1, -0.05) is 30.1 Å². The van der Waals surface area contributed by atoms with Crippen LogP contribution in [-0.2, 0) is 9.59 Å². The van der Waals surface area contributed by atoms with Gasteiger partial charge in [0.1, 0.15) is 17.4 Å². The van der Waals surface area contributed by atoms with Gasteiger partial charge in [-0.3, -0.25) is 9.59 Å². The van der Waals surface area contributed by atoms with E-state index in [0.29, 0.717) is 0 Å². The monoisotopic (exact) mass is 347 g/mol. The first kappa shape index (κ1) is 18.3. The fraction of sp³-hybridized carbons (Fsp3) is 0.357. The fourth-order valence-electron chi connectivity index (χ4n) is 1.75. The van der Waals surface area contributed by atoms with Gasteiger partial charge in [0, 0.05) is 12.8 Å². The Morgan fingerprint density at radius 2 is 1.86 bits per heavy atom. The number of hydrogen-bond acceptors (Lipinski definition) is 4. The Labute approximate surface area is 137 Å². The number of nitrogens with one attached hydrogen (secondary N) is 1. The summed E-state index contributed by atoms with van der Waals surface area (Å²) < 4.78 is 5.03. The largest absolute Gasteiger partial charge is 0.494 e. The summed E-state index contributed by atoms with van der Waals surface area (Å²) in [5.74, 6) is -2.33. The van der Waals surface area contributed by atoms with Gasteiger partial charge in [-0.2, -0.15) is 0 Å². The van der Waals surface area contributed by atoms with Crippen molar-refractivity contribution in [2.24, 2.45) is 0 Å². The first-order chi connectivity index (χ1) is 10.3. The van der Waals surface area contributed by atoms with E-state index in [4.69, 9.17) is 33.0 Å². The smallest absolute Gasteiger partial charge is 0.326 e. The molecule has 0 aromatic heterocycles. The highest BCUT2D eigenvalue weighted by molar-refractivity contribution is 6.37. The zero-order valence-electron chi connectivity index (χ0n) is 12.0. The van der Waals surface area contributed by atoms with Gasteiger partial charge >= 0.3 is 5.97 Å². The van der Waals surface area contributed by atoms with Gasteiger partial charge in [0.05, 0.1) is 17.2 Å². The lowest BCUT2D eigenvalue weighted by Gasteiger charge is -2.16. The molecule has 0 aliphatic rings. The minimum atomic E-state index is -1.35. The molecular formula is C14H15Cl2NO5. The summed E-state index contributed by atoms with van der Waals surface area (Å²) >= 11 is 11.9. The summed E-state index contributed by atoms with van der Waals surface area (Å²) in [6, 6.07) is 1.50. The molecule has 0 saturated carbocycles. The molecule has 1 atom stereocenters. The van der Waals surface area contributed by atoms with Crippen molar-refractivity contribution in [1.82, 2.24) is 5.32 Å². The van der Waals surface area contributed by atoms with Crippen molar-refractivity contribution in [2.45, 2.75) is 25.8 Å². The second kappa shape index (κ2) is 8.00. The molecule has 1 unspecified atom stereocenters. The highest BCUT2D eigenvalue weighted by Crippen LogP contribution is 2.33. The van der Waals surface area contributed by atoms with Gasteiger partial charge in [-0.05, 0) is 12.1 Å². The fourth-order valence-corrected chi connectivity index (χ4v) is 2.22. The third-order valence-electron chi connectivity index (χ3n) is 2.92. The van der Waals surface area contributed by atoms with E-state index in [9.17, 15) is 14.4 Å². The number of amides is 1. The van der Waals surface area contributed by atoms with E-state index in [2.05, 4.69) is 5.32 Å². The normalized spacial score (nSPS) is 11.6. The van der Waals surface area contributed by atoms with Crippen LogP contribution in [0.2, 0.25) is 10.0 Å². The Bertz CT molecular complexity index is 603. The van der Waals surface area contributed by atoms with Crippen molar-refractivity contribution >= 4 is 40.9 Å². The van der Waals surface area contributed by atoms with Crippen LogP contribution in [0, 0.1) is 0 Å². The summed E-state index contributed by atoms with van der Waals surface area (Å²) in [5, 5.41) is 11.6. The number of methoxy groups -OCH3 is 1. The molecule has 0 aliphatic heterocycles. The lowest BCUT2D eigenvalue weighted by molar-refractivity contribution is -0.141. The molecule has 1 amide bonds. The molecule has 22 heavy (non-hydrogen) atoms. The quantitative estimate of drug-likeness (QED) is 0.790. The van der Waals surface area contributed by atoms with Crippen LogP contribution in [0.1, 0.15) is 30.1 Å². The maximum atomic E-state index is 12.3. The lowest BCUT2D eigenvalue weighted by Crippen LogP contribution is -2.42. The number of benzene rings is 1. The number of rotatable bonds is 7. The van der Waals surface area contributed by atoms with Crippen LogP contribution in [0.15, 0.2) is 12.1 Å². The number of halogens is 2. The summed E-state index contributed by atoms with van der Waals surface area (Å²) in [7, 11) is 1.31. The minimum absolute atomic E-state index is 0.0395. The summed E-state index contributed by atoms with van der Waals surface area (Å²) in [6.45, 7) is 1.61. The number of aliphatic carboxylic acids is 1. The first-order valence-electron chi connectivity index (χ1n) is 6.39. The molecule has 0 aliphatic carbocycles. The van der Waals surface area contributed by atoms with Gasteiger partial charge in [0.25, 0.3) is 5.91 Å². The van der Waals surface area contributed by atoms with Crippen LogP contribution >= 0.6 is 23.2 Å².